The summed E-state index contributed by atoms with van der Waals surface area (Å²) in [6, 6.07) is 0. The summed E-state index contributed by atoms with van der Waals surface area (Å²) in [5, 5.41) is 0. The second-order valence-electron chi connectivity index (χ2n) is 4.21. The zero-order chi connectivity index (χ0) is 6.55. The second-order valence-corrected chi connectivity index (χ2v) is 4.21. The van der Waals surface area contributed by atoms with E-state index in [0.29, 0.717) is 6.10 Å². The van der Waals surface area contributed by atoms with E-state index >= 15 is 0 Å². The molecule has 1 nitrogen and oxygen atoms in total. The molecule has 1 heterocycles. The lowest BCUT2D eigenvalue weighted by Crippen LogP contribution is -2.15. The highest BCUT2D eigenvalue weighted by Crippen LogP contribution is 2.51. The standard InChI is InChI=1S/C9H14O/c1-2-7-3-6(1)4-8(7)9-5-10-9/h6-9H,1-5H2/t6-,7+,8+,9?/m0/s1. The number of rotatable bonds is 1. The molecule has 0 N–H and O–H groups in total. The van der Waals surface area contributed by atoms with Crippen LogP contribution in [-0.4, -0.2) is 12.7 Å². The number of hydrogen-bond donors (Lipinski definition) is 0. The van der Waals surface area contributed by atoms with Crippen molar-refractivity contribution in [2.75, 3.05) is 6.61 Å². The summed E-state index contributed by atoms with van der Waals surface area (Å²) in [6.07, 6.45) is 6.76. The predicted molar refractivity (Wildman–Crippen MR) is 38.7 cm³/mol. The lowest BCUT2D eigenvalue weighted by Gasteiger charge is -2.18. The first-order valence-electron chi connectivity index (χ1n) is 4.55. The Bertz CT molecular complexity index is 151. The highest BCUT2D eigenvalue weighted by Gasteiger charge is 2.47. The van der Waals surface area contributed by atoms with E-state index < -0.39 is 0 Å². The summed E-state index contributed by atoms with van der Waals surface area (Å²) in [5.41, 5.74) is 0. The smallest absolute Gasteiger partial charge is 0.0840 e. The van der Waals surface area contributed by atoms with Crippen LogP contribution in [0.1, 0.15) is 25.7 Å². The van der Waals surface area contributed by atoms with E-state index in [-0.39, 0.29) is 0 Å². The van der Waals surface area contributed by atoms with E-state index in [1.165, 1.54) is 25.7 Å². The minimum absolute atomic E-state index is 0.704. The average Bonchev–Trinajstić information content (AvgIpc) is 2.60. The SMILES string of the molecule is C1OC1[C@@H]1C[C@H]2CC[C@@H]1C2. The molecule has 0 spiro atoms. The molecule has 1 unspecified atom stereocenters. The molecule has 0 aromatic heterocycles. The van der Waals surface area contributed by atoms with Gasteiger partial charge in [0.25, 0.3) is 0 Å². The lowest BCUT2D eigenvalue weighted by atomic mass is 9.87. The molecular weight excluding hydrogens is 124 g/mol. The molecule has 10 heavy (non-hydrogen) atoms. The molecule has 0 aromatic rings. The molecule has 2 aliphatic carbocycles. The van der Waals surface area contributed by atoms with Gasteiger partial charge in [-0.2, -0.15) is 0 Å². The topological polar surface area (TPSA) is 12.5 Å². The molecule has 0 radical (unpaired) electrons. The third-order valence-corrected chi connectivity index (χ3v) is 3.63. The number of epoxide rings is 1. The fraction of sp³-hybridized carbons (Fsp3) is 1.00. The summed E-state index contributed by atoms with van der Waals surface area (Å²) in [7, 11) is 0. The van der Waals surface area contributed by atoms with Gasteiger partial charge in [0.05, 0.1) is 12.7 Å². The first kappa shape index (κ1) is 5.59. The maximum atomic E-state index is 5.35. The van der Waals surface area contributed by atoms with Gasteiger partial charge in [-0.3, -0.25) is 0 Å². The Hall–Kier alpha value is -0.0400. The van der Waals surface area contributed by atoms with Gasteiger partial charge in [0, 0.05) is 0 Å². The van der Waals surface area contributed by atoms with Crippen molar-refractivity contribution in [1.82, 2.24) is 0 Å². The van der Waals surface area contributed by atoms with Crippen LogP contribution in [0.5, 0.6) is 0 Å². The van der Waals surface area contributed by atoms with Crippen LogP contribution in [0.2, 0.25) is 0 Å². The molecule has 1 saturated heterocycles. The molecule has 3 fully saturated rings. The minimum atomic E-state index is 0.704. The Kier molecular flexibility index (Phi) is 0.984. The van der Waals surface area contributed by atoms with Crippen LogP contribution in [0.25, 0.3) is 0 Å². The molecule has 4 atom stereocenters. The summed E-state index contributed by atoms with van der Waals surface area (Å²) in [6.45, 7) is 1.08. The number of ether oxygens (including phenoxy) is 1. The van der Waals surface area contributed by atoms with E-state index in [1.54, 1.807) is 0 Å². The summed E-state index contributed by atoms with van der Waals surface area (Å²) < 4.78 is 5.35. The summed E-state index contributed by atoms with van der Waals surface area (Å²) in [4.78, 5) is 0. The van der Waals surface area contributed by atoms with Crippen molar-refractivity contribution in [2.24, 2.45) is 17.8 Å². The second kappa shape index (κ2) is 1.76. The quantitative estimate of drug-likeness (QED) is 0.503. The molecule has 0 amide bonds. The van der Waals surface area contributed by atoms with Crippen LogP contribution < -0.4 is 0 Å². The molecular formula is C9H14O. The van der Waals surface area contributed by atoms with Gasteiger partial charge in [0.1, 0.15) is 0 Å². The Morgan fingerprint density at radius 2 is 2.00 bits per heavy atom. The zero-order valence-electron chi connectivity index (χ0n) is 6.25. The van der Waals surface area contributed by atoms with Crippen molar-refractivity contribution in [3.8, 4) is 0 Å². The fourth-order valence-corrected chi connectivity index (χ4v) is 3.05. The average molecular weight is 138 g/mol. The minimum Gasteiger partial charge on any atom is -0.373 e. The van der Waals surface area contributed by atoms with Crippen LogP contribution in [0.3, 0.4) is 0 Å². The number of fused-ring (bicyclic) bond motifs is 2. The molecule has 2 saturated carbocycles. The van der Waals surface area contributed by atoms with Crippen molar-refractivity contribution < 1.29 is 4.74 Å². The molecule has 1 heteroatoms. The van der Waals surface area contributed by atoms with Crippen LogP contribution in [-0.2, 0) is 4.74 Å². The van der Waals surface area contributed by atoms with Crippen molar-refractivity contribution >= 4 is 0 Å². The third-order valence-electron chi connectivity index (χ3n) is 3.63. The molecule has 56 valence electrons. The third kappa shape index (κ3) is 0.672. The van der Waals surface area contributed by atoms with Crippen molar-refractivity contribution in [1.29, 1.82) is 0 Å². The van der Waals surface area contributed by atoms with Crippen molar-refractivity contribution in [3.63, 3.8) is 0 Å². The normalized spacial score (nSPS) is 57.6. The van der Waals surface area contributed by atoms with Crippen LogP contribution in [0.15, 0.2) is 0 Å². The van der Waals surface area contributed by atoms with Gasteiger partial charge in [-0.05, 0) is 37.0 Å². The van der Waals surface area contributed by atoms with Gasteiger partial charge in [-0.25, -0.2) is 0 Å². The van der Waals surface area contributed by atoms with Crippen LogP contribution in [0, 0.1) is 17.8 Å². The van der Waals surface area contributed by atoms with Crippen molar-refractivity contribution in [3.05, 3.63) is 0 Å². The summed E-state index contributed by atoms with van der Waals surface area (Å²) >= 11 is 0. The van der Waals surface area contributed by atoms with Gasteiger partial charge < -0.3 is 4.74 Å². The Morgan fingerprint density at radius 1 is 1.10 bits per heavy atom. The van der Waals surface area contributed by atoms with Crippen LogP contribution in [0.4, 0.5) is 0 Å². The maximum Gasteiger partial charge on any atom is 0.0840 e. The van der Waals surface area contributed by atoms with E-state index in [2.05, 4.69) is 0 Å². The Balaban J connectivity index is 1.77. The highest BCUT2D eigenvalue weighted by atomic mass is 16.6. The maximum absolute atomic E-state index is 5.35. The molecule has 1 aliphatic heterocycles. The lowest BCUT2D eigenvalue weighted by molar-refractivity contribution is 0.249. The zero-order valence-corrected chi connectivity index (χ0v) is 6.25. The van der Waals surface area contributed by atoms with Gasteiger partial charge in [-0.1, -0.05) is 6.42 Å². The molecule has 3 aliphatic rings. The number of hydrogen-bond acceptors (Lipinski definition) is 1. The first-order valence-corrected chi connectivity index (χ1v) is 4.55. The van der Waals surface area contributed by atoms with Gasteiger partial charge >= 0.3 is 0 Å². The van der Waals surface area contributed by atoms with Gasteiger partial charge in [-0.15, -0.1) is 0 Å². The summed E-state index contributed by atoms with van der Waals surface area (Å²) in [5.74, 6) is 3.15. The first-order chi connectivity index (χ1) is 4.93. The highest BCUT2D eigenvalue weighted by molar-refractivity contribution is 4.96. The van der Waals surface area contributed by atoms with E-state index in [0.717, 1.165) is 24.4 Å². The van der Waals surface area contributed by atoms with E-state index in [1.807, 2.05) is 0 Å². The fourth-order valence-electron chi connectivity index (χ4n) is 3.05. The van der Waals surface area contributed by atoms with E-state index in [4.69, 9.17) is 4.74 Å². The predicted octanol–water partition coefficient (Wildman–Crippen LogP) is 1.82. The van der Waals surface area contributed by atoms with E-state index in [9.17, 15) is 0 Å². The monoisotopic (exact) mass is 138 g/mol. The van der Waals surface area contributed by atoms with Gasteiger partial charge in [0.15, 0.2) is 0 Å². The van der Waals surface area contributed by atoms with Gasteiger partial charge in [0.2, 0.25) is 0 Å². The molecule has 0 aromatic carbocycles. The Morgan fingerprint density at radius 3 is 2.50 bits per heavy atom. The largest absolute Gasteiger partial charge is 0.373 e. The Labute approximate surface area is 61.8 Å². The van der Waals surface area contributed by atoms with Crippen LogP contribution >= 0.6 is 0 Å². The van der Waals surface area contributed by atoms with Crippen molar-refractivity contribution in [2.45, 2.75) is 31.8 Å². The molecule has 2 bridgehead atoms. The molecule has 3 rings (SSSR count).